The molecule has 0 spiro atoms. The fourth-order valence-corrected chi connectivity index (χ4v) is 3.78. The summed E-state index contributed by atoms with van der Waals surface area (Å²) in [6.07, 6.45) is 2.24. The molecule has 0 aliphatic carbocycles. The Labute approximate surface area is 208 Å². The van der Waals surface area contributed by atoms with Gasteiger partial charge in [0, 0.05) is 32.7 Å². The van der Waals surface area contributed by atoms with Gasteiger partial charge in [0.25, 0.3) is 5.91 Å². The van der Waals surface area contributed by atoms with E-state index in [2.05, 4.69) is 23.7 Å². The SMILES string of the molecule is CC(C)COc1ccc(C(=O)N(C)c2ccc(N3CCC(N(C)C(=O)OC(C)(C)C)C3)nc2)cc1. The number of pyridine rings is 1. The highest BCUT2D eigenvalue weighted by molar-refractivity contribution is 6.05. The normalized spacial score (nSPS) is 15.8. The third-order valence-corrected chi connectivity index (χ3v) is 5.83. The molecule has 1 atom stereocenters. The Hall–Kier alpha value is -3.29. The van der Waals surface area contributed by atoms with Crippen LogP contribution in [0.5, 0.6) is 5.75 Å². The number of hydrogen-bond acceptors (Lipinski definition) is 6. The topological polar surface area (TPSA) is 75.2 Å². The number of ether oxygens (including phenoxy) is 2. The maximum absolute atomic E-state index is 12.9. The van der Waals surface area contributed by atoms with Crippen molar-refractivity contribution < 1.29 is 19.1 Å². The van der Waals surface area contributed by atoms with Crippen LogP contribution in [-0.4, -0.2) is 67.3 Å². The van der Waals surface area contributed by atoms with Gasteiger partial charge in [-0.1, -0.05) is 13.8 Å². The zero-order valence-electron chi connectivity index (χ0n) is 21.9. The van der Waals surface area contributed by atoms with Crippen molar-refractivity contribution in [1.29, 1.82) is 0 Å². The summed E-state index contributed by atoms with van der Waals surface area (Å²) in [5.41, 5.74) is 0.773. The number of hydrogen-bond donors (Lipinski definition) is 0. The van der Waals surface area contributed by atoms with Crippen LogP contribution in [0.2, 0.25) is 0 Å². The van der Waals surface area contributed by atoms with Crippen molar-refractivity contribution in [3.8, 4) is 5.75 Å². The first-order valence-electron chi connectivity index (χ1n) is 12.1. The van der Waals surface area contributed by atoms with E-state index in [1.807, 2.05) is 45.0 Å². The summed E-state index contributed by atoms with van der Waals surface area (Å²) in [7, 11) is 3.52. The number of likely N-dealkylation sites (N-methyl/N-ethyl adjacent to an activating group) is 1. The van der Waals surface area contributed by atoms with E-state index in [1.165, 1.54) is 0 Å². The molecule has 2 aromatic rings. The molecule has 0 saturated carbocycles. The average Bonchev–Trinajstić information content (AvgIpc) is 3.31. The predicted octanol–water partition coefficient (Wildman–Crippen LogP) is 4.84. The summed E-state index contributed by atoms with van der Waals surface area (Å²) in [6, 6.07) is 11.1. The number of anilines is 2. The van der Waals surface area contributed by atoms with Gasteiger partial charge in [0.05, 0.1) is 24.5 Å². The Morgan fingerprint density at radius 2 is 1.80 bits per heavy atom. The molecule has 2 amide bonds. The van der Waals surface area contributed by atoms with Crippen molar-refractivity contribution in [1.82, 2.24) is 9.88 Å². The maximum Gasteiger partial charge on any atom is 0.410 e. The lowest BCUT2D eigenvalue weighted by Gasteiger charge is -2.28. The second-order valence-corrected chi connectivity index (χ2v) is 10.4. The van der Waals surface area contributed by atoms with Crippen molar-refractivity contribution in [2.24, 2.45) is 5.92 Å². The fourth-order valence-electron chi connectivity index (χ4n) is 3.78. The summed E-state index contributed by atoms with van der Waals surface area (Å²) >= 11 is 0. The van der Waals surface area contributed by atoms with Gasteiger partial charge < -0.3 is 24.2 Å². The van der Waals surface area contributed by atoms with Gasteiger partial charge in [-0.2, -0.15) is 0 Å². The third-order valence-electron chi connectivity index (χ3n) is 5.83. The van der Waals surface area contributed by atoms with Crippen LogP contribution in [0.25, 0.3) is 0 Å². The minimum atomic E-state index is -0.520. The molecule has 0 N–H and O–H groups in total. The van der Waals surface area contributed by atoms with E-state index in [1.54, 1.807) is 42.2 Å². The van der Waals surface area contributed by atoms with Gasteiger partial charge in [0.2, 0.25) is 0 Å². The van der Waals surface area contributed by atoms with Crippen molar-refractivity contribution in [3.63, 3.8) is 0 Å². The molecule has 8 heteroatoms. The molecule has 0 bridgehead atoms. The molecule has 8 nitrogen and oxygen atoms in total. The van der Waals surface area contributed by atoms with Crippen LogP contribution in [0.3, 0.4) is 0 Å². The molecule has 1 aliphatic heterocycles. The van der Waals surface area contributed by atoms with Crippen molar-refractivity contribution in [2.45, 2.75) is 52.7 Å². The highest BCUT2D eigenvalue weighted by Gasteiger charge is 2.31. The van der Waals surface area contributed by atoms with Gasteiger partial charge in [-0.15, -0.1) is 0 Å². The number of amides is 2. The Balaban J connectivity index is 1.58. The highest BCUT2D eigenvalue weighted by atomic mass is 16.6. The third kappa shape index (κ3) is 7.10. The van der Waals surface area contributed by atoms with Crippen LogP contribution < -0.4 is 14.5 Å². The molecule has 1 aromatic carbocycles. The molecule has 35 heavy (non-hydrogen) atoms. The largest absolute Gasteiger partial charge is 0.493 e. The summed E-state index contributed by atoms with van der Waals surface area (Å²) in [5, 5.41) is 0. The minimum absolute atomic E-state index is 0.0584. The Morgan fingerprint density at radius 3 is 2.37 bits per heavy atom. The first-order chi connectivity index (χ1) is 16.4. The predicted molar refractivity (Wildman–Crippen MR) is 138 cm³/mol. The maximum atomic E-state index is 12.9. The van der Waals surface area contributed by atoms with Gasteiger partial charge in [-0.3, -0.25) is 4.79 Å². The Kier molecular flexibility index (Phi) is 8.25. The number of aromatic nitrogens is 1. The van der Waals surface area contributed by atoms with E-state index >= 15 is 0 Å². The Bertz CT molecular complexity index is 999. The van der Waals surface area contributed by atoms with Crippen molar-refractivity contribution >= 4 is 23.5 Å². The minimum Gasteiger partial charge on any atom is -0.493 e. The van der Waals surface area contributed by atoms with E-state index < -0.39 is 5.60 Å². The second-order valence-electron chi connectivity index (χ2n) is 10.4. The van der Waals surface area contributed by atoms with E-state index in [9.17, 15) is 9.59 Å². The molecule has 3 rings (SSSR count). The second kappa shape index (κ2) is 11.0. The molecule has 0 radical (unpaired) electrons. The van der Waals surface area contributed by atoms with E-state index in [0.717, 1.165) is 24.5 Å². The van der Waals surface area contributed by atoms with Gasteiger partial charge >= 0.3 is 6.09 Å². The van der Waals surface area contributed by atoms with Crippen LogP contribution in [0, 0.1) is 5.92 Å². The summed E-state index contributed by atoms with van der Waals surface area (Å²) in [4.78, 5) is 35.3. The van der Waals surface area contributed by atoms with Gasteiger partial charge in [0.1, 0.15) is 17.2 Å². The zero-order valence-corrected chi connectivity index (χ0v) is 21.9. The lowest BCUT2D eigenvalue weighted by atomic mass is 10.2. The molecule has 2 heterocycles. The smallest absolute Gasteiger partial charge is 0.410 e. The van der Waals surface area contributed by atoms with Gasteiger partial charge in [0.15, 0.2) is 0 Å². The number of carbonyl (C=O) groups excluding carboxylic acids is 2. The summed E-state index contributed by atoms with van der Waals surface area (Å²) in [6.45, 7) is 11.9. The molecule has 1 unspecified atom stereocenters. The quantitative estimate of drug-likeness (QED) is 0.562. The van der Waals surface area contributed by atoms with Crippen molar-refractivity contribution in [2.75, 3.05) is 43.6 Å². The molecule has 1 aliphatic rings. The average molecular weight is 483 g/mol. The van der Waals surface area contributed by atoms with Gasteiger partial charge in [-0.25, -0.2) is 9.78 Å². The van der Waals surface area contributed by atoms with Gasteiger partial charge in [-0.05, 0) is 69.5 Å². The number of carbonyl (C=O) groups is 2. The van der Waals surface area contributed by atoms with E-state index in [4.69, 9.17) is 9.47 Å². The highest BCUT2D eigenvalue weighted by Crippen LogP contribution is 2.25. The summed E-state index contributed by atoms with van der Waals surface area (Å²) in [5.74, 6) is 1.90. The first kappa shape index (κ1) is 26.3. The summed E-state index contributed by atoms with van der Waals surface area (Å²) < 4.78 is 11.2. The fraction of sp³-hybridized carbons (Fsp3) is 0.519. The van der Waals surface area contributed by atoms with Crippen LogP contribution in [0.4, 0.5) is 16.3 Å². The molecule has 190 valence electrons. The van der Waals surface area contributed by atoms with Crippen LogP contribution in [0.15, 0.2) is 42.6 Å². The first-order valence-corrected chi connectivity index (χ1v) is 12.1. The monoisotopic (exact) mass is 482 g/mol. The zero-order chi connectivity index (χ0) is 25.8. The lowest BCUT2D eigenvalue weighted by molar-refractivity contribution is 0.0237. The van der Waals surface area contributed by atoms with Crippen molar-refractivity contribution in [3.05, 3.63) is 48.2 Å². The van der Waals surface area contributed by atoms with Crippen LogP contribution in [0.1, 0.15) is 51.4 Å². The standard InChI is InChI=1S/C27H38N4O4/c1-19(2)18-34-23-11-8-20(9-12-23)25(32)29(6)21-10-13-24(28-16-21)31-15-14-22(17-31)30(7)26(33)35-27(3,4)5/h8-13,16,19,22H,14-15,17-18H2,1-7H3. The lowest BCUT2D eigenvalue weighted by Crippen LogP contribution is -2.42. The van der Waals surface area contributed by atoms with Crippen LogP contribution in [-0.2, 0) is 4.74 Å². The molecule has 1 saturated heterocycles. The Morgan fingerprint density at radius 1 is 1.11 bits per heavy atom. The number of nitrogens with zero attached hydrogens (tertiary/aromatic N) is 4. The van der Waals surface area contributed by atoms with Crippen LogP contribution >= 0.6 is 0 Å². The molecular weight excluding hydrogens is 444 g/mol. The molecular formula is C27H38N4O4. The number of rotatable bonds is 7. The molecule has 1 fully saturated rings. The molecule has 1 aromatic heterocycles. The van der Waals surface area contributed by atoms with E-state index in [-0.39, 0.29) is 18.0 Å². The van der Waals surface area contributed by atoms with E-state index in [0.29, 0.717) is 30.3 Å². The number of benzene rings is 1.